The Balaban J connectivity index is 1.59. The molecular weight excluding hydrogens is 314 g/mol. The second-order valence-corrected chi connectivity index (χ2v) is 7.74. The molecule has 1 aromatic rings. The van der Waals surface area contributed by atoms with E-state index in [1.54, 1.807) is 0 Å². The van der Waals surface area contributed by atoms with E-state index in [0.29, 0.717) is 18.4 Å². The van der Waals surface area contributed by atoms with Crippen LogP contribution in [0.15, 0.2) is 24.3 Å². The molecule has 0 spiro atoms. The van der Waals surface area contributed by atoms with Crippen LogP contribution in [0.2, 0.25) is 0 Å². The molecule has 1 heterocycles. The van der Waals surface area contributed by atoms with E-state index >= 15 is 0 Å². The zero-order valence-corrected chi connectivity index (χ0v) is 15.5. The van der Waals surface area contributed by atoms with Gasteiger partial charge in [0, 0.05) is 50.9 Å². The molecule has 1 N–H and O–H groups in total. The third kappa shape index (κ3) is 4.33. The fourth-order valence-electron chi connectivity index (χ4n) is 3.41. The number of nitrogens with zero attached hydrogens (tertiary/aromatic N) is 2. The summed E-state index contributed by atoms with van der Waals surface area (Å²) >= 11 is 0. The maximum atomic E-state index is 12.8. The first kappa shape index (κ1) is 17.8. The summed E-state index contributed by atoms with van der Waals surface area (Å²) in [5.74, 6) is 1.39. The molecule has 1 saturated carbocycles. The molecule has 1 aliphatic carbocycles. The summed E-state index contributed by atoms with van der Waals surface area (Å²) in [7, 11) is 3.98. The van der Waals surface area contributed by atoms with Crippen molar-refractivity contribution in [1.29, 1.82) is 0 Å². The lowest BCUT2D eigenvalue weighted by molar-refractivity contribution is -0.122. The Hall–Kier alpha value is -2.04. The highest BCUT2D eigenvalue weighted by molar-refractivity contribution is 5.94. The van der Waals surface area contributed by atoms with Crippen molar-refractivity contribution in [2.24, 2.45) is 17.8 Å². The average Bonchev–Trinajstić information content (AvgIpc) is 3.45. The summed E-state index contributed by atoms with van der Waals surface area (Å²) < 4.78 is 0. The molecule has 25 heavy (non-hydrogen) atoms. The highest BCUT2D eigenvalue weighted by atomic mass is 16.2. The summed E-state index contributed by atoms with van der Waals surface area (Å²) in [5, 5.41) is 3.08. The number of anilines is 1. The van der Waals surface area contributed by atoms with Crippen LogP contribution in [0.25, 0.3) is 0 Å². The van der Waals surface area contributed by atoms with Crippen LogP contribution in [-0.4, -0.2) is 50.4 Å². The molecule has 5 nitrogen and oxygen atoms in total. The van der Waals surface area contributed by atoms with Gasteiger partial charge in [-0.2, -0.15) is 0 Å². The summed E-state index contributed by atoms with van der Waals surface area (Å²) in [6.45, 7) is 4.42. The molecule has 1 saturated heterocycles. The molecule has 1 aliphatic heterocycles. The average molecular weight is 343 g/mol. The van der Waals surface area contributed by atoms with Crippen LogP contribution < -0.4 is 10.2 Å². The molecule has 0 bridgehead atoms. The monoisotopic (exact) mass is 343 g/mol. The minimum Gasteiger partial charge on any atom is -0.378 e. The first-order valence-electron chi connectivity index (χ1n) is 9.30. The van der Waals surface area contributed by atoms with E-state index < -0.39 is 0 Å². The van der Waals surface area contributed by atoms with Crippen LogP contribution in [0.1, 0.15) is 36.5 Å². The predicted octanol–water partition coefficient (Wildman–Crippen LogP) is 2.38. The second-order valence-electron chi connectivity index (χ2n) is 7.74. The van der Waals surface area contributed by atoms with Gasteiger partial charge in [-0.3, -0.25) is 9.59 Å². The molecule has 2 unspecified atom stereocenters. The van der Waals surface area contributed by atoms with Gasteiger partial charge in [-0.15, -0.1) is 0 Å². The van der Waals surface area contributed by atoms with Gasteiger partial charge in [-0.25, -0.2) is 0 Å². The van der Waals surface area contributed by atoms with Gasteiger partial charge in [0.05, 0.1) is 0 Å². The Kier molecular flexibility index (Phi) is 5.30. The Labute approximate surface area is 150 Å². The maximum absolute atomic E-state index is 12.8. The van der Waals surface area contributed by atoms with Crippen molar-refractivity contribution in [3.63, 3.8) is 0 Å². The van der Waals surface area contributed by atoms with Crippen LogP contribution in [0.3, 0.4) is 0 Å². The van der Waals surface area contributed by atoms with Gasteiger partial charge in [0.1, 0.15) is 0 Å². The summed E-state index contributed by atoms with van der Waals surface area (Å²) in [6, 6.07) is 7.76. The number of amides is 2. The number of piperidine rings is 1. The van der Waals surface area contributed by atoms with Crippen molar-refractivity contribution in [3.05, 3.63) is 29.8 Å². The van der Waals surface area contributed by atoms with E-state index in [9.17, 15) is 9.59 Å². The molecule has 1 aromatic carbocycles. The van der Waals surface area contributed by atoms with Crippen molar-refractivity contribution >= 4 is 17.5 Å². The number of nitrogens with one attached hydrogen (secondary N) is 1. The highest BCUT2D eigenvalue weighted by Gasteiger charge is 2.32. The van der Waals surface area contributed by atoms with Crippen molar-refractivity contribution in [1.82, 2.24) is 10.2 Å². The molecule has 0 aromatic heterocycles. The largest absolute Gasteiger partial charge is 0.378 e. The van der Waals surface area contributed by atoms with Gasteiger partial charge in [0.15, 0.2) is 0 Å². The topological polar surface area (TPSA) is 52.7 Å². The number of hydrogen-bond acceptors (Lipinski definition) is 3. The standard InChI is InChI=1S/C20H29N3O2/c1-14-10-11-23(13-17(14)12-21-19(24)15-4-5-15)20(25)16-6-8-18(9-7-16)22(2)3/h6-9,14-15,17H,4-5,10-13H2,1-3H3,(H,21,24). The fraction of sp³-hybridized carbons (Fsp3) is 0.600. The Morgan fingerprint density at radius 1 is 1.16 bits per heavy atom. The fourth-order valence-corrected chi connectivity index (χ4v) is 3.41. The van der Waals surface area contributed by atoms with Crippen LogP contribution in [-0.2, 0) is 4.79 Å². The Bertz CT molecular complexity index is 622. The van der Waals surface area contributed by atoms with E-state index in [-0.39, 0.29) is 17.7 Å². The highest BCUT2D eigenvalue weighted by Crippen LogP contribution is 2.29. The third-order valence-corrected chi connectivity index (χ3v) is 5.52. The lowest BCUT2D eigenvalue weighted by atomic mass is 9.86. The quantitative estimate of drug-likeness (QED) is 0.893. The Morgan fingerprint density at radius 2 is 1.84 bits per heavy atom. The summed E-state index contributed by atoms with van der Waals surface area (Å²) in [5.41, 5.74) is 1.82. The summed E-state index contributed by atoms with van der Waals surface area (Å²) in [6.07, 6.45) is 3.05. The van der Waals surface area contributed by atoms with Gasteiger partial charge in [0.25, 0.3) is 5.91 Å². The van der Waals surface area contributed by atoms with Crippen molar-refractivity contribution in [2.45, 2.75) is 26.2 Å². The maximum Gasteiger partial charge on any atom is 0.253 e. The van der Waals surface area contributed by atoms with Gasteiger partial charge in [-0.1, -0.05) is 6.92 Å². The van der Waals surface area contributed by atoms with Gasteiger partial charge >= 0.3 is 0 Å². The normalized spacial score (nSPS) is 23.2. The number of hydrogen-bond donors (Lipinski definition) is 1. The minimum absolute atomic E-state index is 0.0933. The van der Waals surface area contributed by atoms with Gasteiger partial charge < -0.3 is 15.1 Å². The molecular formula is C20H29N3O2. The number of carbonyl (C=O) groups is 2. The SMILES string of the molecule is CC1CCN(C(=O)c2ccc(N(C)C)cc2)CC1CNC(=O)C1CC1. The second kappa shape index (κ2) is 7.46. The van der Waals surface area contributed by atoms with Crippen LogP contribution in [0.4, 0.5) is 5.69 Å². The molecule has 136 valence electrons. The first-order valence-corrected chi connectivity index (χ1v) is 9.30. The molecule has 2 aliphatic rings. The number of carbonyl (C=O) groups excluding carboxylic acids is 2. The Morgan fingerprint density at radius 3 is 2.44 bits per heavy atom. The van der Waals surface area contributed by atoms with Crippen LogP contribution in [0, 0.1) is 17.8 Å². The molecule has 2 fully saturated rings. The van der Waals surface area contributed by atoms with Crippen molar-refractivity contribution < 1.29 is 9.59 Å². The van der Waals surface area contributed by atoms with Crippen LogP contribution >= 0.6 is 0 Å². The van der Waals surface area contributed by atoms with E-state index in [1.807, 2.05) is 48.2 Å². The number of likely N-dealkylation sites (tertiary alicyclic amines) is 1. The zero-order valence-electron chi connectivity index (χ0n) is 15.5. The van der Waals surface area contributed by atoms with Gasteiger partial charge in [-0.05, 0) is 55.4 Å². The predicted molar refractivity (Wildman–Crippen MR) is 99.7 cm³/mol. The minimum atomic E-state index is 0.0933. The van der Waals surface area contributed by atoms with Gasteiger partial charge in [0.2, 0.25) is 5.91 Å². The van der Waals surface area contributed by atoms with Crippen LogP contribution in [0.5, 0.6) is 0 Å². The van der Waals surface area contributed by atoms with E-state index in [1.165, 1.54) is 0 Å². The molecule has 2 atom stereocenters. The number of benzene rings is 1. The molecule has 5 heteroatoms. The van der Waals surface area contributed by atoms with E-state index in [0.717, 1.165) is 43.6 Å². The molecule has 3 rings (SSSR count). The smallest absolute Gasteiger partial charge is 0.253 e. The lowest BCUT2D eigenvalue weighted by Crippen LogP contribution is -2.47. The summed E-state index contributed by atoms with van der Waals surface area (Å²) in [4.78, 5) is 28.7. The molecule has 0 radical (unpaired) electrons. The van der Waals surface area contributed by atoms with Crippen molar-refractivity contribution in [3.8, 4) is 0 Å². The lowest BCUT2D eigenvalue weighted by Gasteiger charge is -2.37. The zero-order chi connectivity index (χ0) is 18.0. The van der Waals surface area contributed by atoms with Crippen molar-refractivity contribution in [2.75, 3.05) is 38.6 Å². The number of rotatable bonds is 5. The first-order chi connectivity index (χ1) is 12.0. The third-order valence-electron chi connectivity index (χ3n) is 5.52. The molecule has 2 amide bonds. The van der Waals surface area contributed by atoms with E-state index in [4.69, 9.17) is 0 Å². The van der Waals surface area contributed by atoms with E-state index in [2.05, 4.69) is 12.2 Å².